The van der Waals surface area contributed by atoms with Crippen molar-refractivity contribution in [1.82, 2.24) is 24.5 Å². The highest BCUT2D eigenvalue weighted by Crippen LogP contribution is 2.41. The van der Waals surface area contributed by atoms with Crippen LogP contribution in [0.1, 0.15) is 54.5 Å². The van der Waals surface area contributed by atoms with Gasteiger partial charge >= 0.3 is 6.18 Å². The van der Waals surface area contributed by atoms with Crippen LogP contribution in [0.4, 0.5) is 19.0 Å². The second-order valence-corrected chi connectivity index (χ2v) is 7.27. The molecule has 1 unspecified atom stereocenters. The molecule has 3 atom stereocenters. The standard InChI is InChI=1S/C17H21F3N6O/c1-10-8-14(17(18,19)20)26-15(21-10)9-12(23-26)13-4-3-6-25(13)16(27)11-5-7-24(2)22-11/h5,7,9-10,13-14,21H,3-4,6,8H2,1-2H3/t10-,13?,14-/m1/s1. The molecule has 0 aromatic carbocycles. The lowest BCUT2D eigenvalue weighted by Crippen LogP contribution is -2.38. The first kappa shape index (κ1) is 17.9. The molecule has 4 heterocycles. The molecular weight excluding hydrogens is 361 g/mol. The van der Waals surface area contributed by atoms with E-state index in [0.29, 0.717) is 30.2 Å². The fourth-order valence-electron chi connectivity index (χ4n) is 3.93. The summed E-state index contributed by atoms with van der Waals surface area (Å²) in [7, 11) is 1.73. The van der Waals surface area contributed by atoms with E-state index in [1.54, 1.807) is 41.9 Å². The van der Waals surface area contributed by atoms with E-state index in [1.165, 1.54) is 0 Å². The van der Waals surface area contributed by atoms with Gasteiger partial charge in [0.05, 0.1) is 11.7 Å². The Hall–Kier alpha value is -2.52. The monoisotopic (exact) mass is 382 g/mol. The highest BCUT2D eigenvalue weighted by atomic mass is 19.4. The molecule has 146 valence electrons. The summed E-state index contributed by atoms with van der Waals surface area (Å²) in [4.78, 5) is 14.4. The number of rotatable bonds is 2. The fourth-order valence-corrected chi connectivity index (χ4v) is 3.93. The highest BCUT2D eigenvalue weighted by molar-refractivity contribution is 5.92. The van der Waals surface area contributed by atoms with E-state index in [2.05, 4.69) is 15.5 Å². The van der Waals surface area contributed by atoms with Crippen LogP contribution in [0.15, 0.2) is 18.3 Å². The Morgan fingerprint density at radius 2 is 2.11 bits per heavy atom. The van der Waals surface area contributed by atoms with Crippen LogP contribution in [0.25, 0.3) is 0 Å². The first-order chi connectivity index (χ1) is 12.7. The number of aryl methyl sites for hydroxylation is 1. The van der Waals surface area contributed by atoms with E-state index in [4.69, 9.17) is 0 Å². The number of alkyl halides is 3. The van der Waals surface area contributed by atoms with E-state index in [0.717, 1.165) is 11.1 Å². The van der Waals surface area contributed by atoms with Gasteiger partial charge < -0.3 is 10.2 Å². The number of carbonyl (C=O) groups excluding carboxylic acids is 1. The van der Waals surface area contributed by atoms with Crippen molar-refractivity contribution in [2.45, 2.75) is 50.5 Å². The maximum atomic E-state index is 13.4. The summed E-state index contributed by atoms with van der Waals surface area (Å²) in [5.41, 5.74) is 0.816. The molecule has 10 heteroatoms. The molecule has 2 aliphatic heterocycles. The quantitative estimate of drug-likeness (QED) is 0.867. The molecule has 2 aromatic heterocycles. The minimum atomic E-state index is -4.37. The molecule has 0 radical (unpaired) electrons. The van der Waals surface area contributed by atoms with Crippen LogP contribution in [-0.4, -0.2) is 49.1 Å². The summed E-state index contributed by atoms with van der Waals surface area (Å²) in [5.74, 6) is 0.126. The van der Waals surface area contributed by atoms with E-state index < -0.39 is 12.2 Å². The zero-order valence-corrected chi connectivity index (χ0v) is 15.1. The number of nitrogens with one attached hydrogen (secondary N) is 1. The summed E-state index contributed by atoms with van der Waals surface area (Å²) in [6.07, 6.45) is -1.31. The number of likely N-dealkylation sites (tertiary alicyclic amines) is 1. The molecule has 0 saturated carbocycles. The largest absolute Gasteiger partial charge is 0.410 e. The summed E-state index contributed by atoms with van der Waals surface area (Å²) in [5, 5.41) is 11.5. The van der Waals surface area contributed by atoms with E-state index in [-0.39, 0.29) is 24.4 Å². The molecule has 27 heavy (non-hydrogen) atoms. The average molecular weight is 382 g/mol. The first-order valence-electron chi connectivity index (χ1n) is 8.97. The van der Waals surface area contributed by atoms with Crippen LogP contribution in [-0.2, 0) is 7.05 Å². The number of carbonyl (C=O) groups is 1. The lowest BCUT2D eigenvalue weighted by atomic mass is 10.1. The van der Waals surface area contributed by atoms with Crippen molar-refractivity contribution < 1.29 is 18.0 Å². The van der Waals surface area contributed by atoms with Gasteiger partial charge in [0.1, 0.15) is 11.5 Å². The summed E-state index contributed by atoms with van der Waals surface area (Å²) in [6.45, 7) is 2.26. The lowest BCUT2D eigenvalue weighted by Gasteiger charge is -2.31. The molecule has 1 N–H and O–H groups in total. The SMILES string of the molecule is C[C@@H]1C[C@H](C(F)(F)F)n2nc(C3CCCN3C(=O)c3ccn(C)n3)cc2N1. The van der Waals surface area contributed by atoms with Gasteiger partial charge in [-0.15, -0.1) is 0 Å². The van der Waals surface area contributed by atoms with Gasteiger partial charge in [0.2, 0.25) is 0 Å². The third-order valence-corrected chi connectivity index (χ3v) is 5.19. The third kappa shape index (κ3) is 3.17. The van der Waals surface area contributed by atoms with E-state index in [1.807, 2.05) is 0 Å². The first-order valence-corrected chi connectivity index (χ1v) is 8.97. The molecule has 1 amide bonds. The van der Waals surface area contributed by atoms with Crippen molar-refractivity contribution in [1.29, 1.82) is 0 Å². The van der Waals surface area contributed by atoms with Gasteiger partial charge in [-0.1, -0.05) is 0 Å². The number of aromatic nitrogens is 4. The van der Waals surface area contributed by atoms with Crippen molar-refractivity contribution in [3.8, 4) is 0 Å². The van der Waals surface area contributed by atoms with Crippen LogP contribution in [0.5, 0.6) is 0 Å². The van der Waals surface area contributed by atoms with Gasteiger partial charge in [0.25, 0.3) is 5.91 Å². The van der Waals surface area contributed by atoms with Gasteiger partial charge in [-0.05, 0) is 32.3 Å². The van der Waals surface area contributed by atoms with Gasteiger partial charge in [0.15, 0.2) is 6.04 Å². The normalized spacial score (nSPS) is 25.4. The Labute approximate surface area is 154 Å². The number of anilines is 1. The average Bonchev–Trinajstić information content (AvgIpc) is 3.30. The molecule has 2 aliphatic rings. The van der Waals surface area contributed by atoms with Gasteiger partial charge in [0, 0.05) is 31.9 Å². The zero-order chi connectivity index (χ0) is 19.3. The Balaban J connectivity index is 1.64. The summed E-state index contributed by atoms with van der Waals surface area (Å²) < 4.78 is 42.9. The number of hydrogen-bond donors (Lipinski definition) is 1. The number of amides is 1. The van der Waals surface area contributed by atoms with Crippen LogP contribution < -0.4 is 5.32 Å². The number of halogens is 3. The molecule has 7 nitrogen and oxygen atoms in total. The van der Waals surface area contributed by atoms with Crippen molar-refractivity contribution in [2.24, 2.45) is 7.05 Å². The molecule has 0 spiro atoms. The molecule has 1 saturated heterocycles. The minimum Gasteiger partial charge on any atom is -0.368 e. The predicted molar refractivity (Wildman–Crippen MR) is 91.2 cm³/mol. The van der Waals surface area contributed by atoms with Crippen molar-refractivity contribution in [2.75, 3.05) is 11.9 Å². The van der Waals surface area contributed by atoms with Crippen LogP contribution in [0, 0.1) is 0 Å². The Bertz CT molecular complexity index is 857. The zero-order valence-electron chi connectivity index (χ0n) is 15.1. The maximum absolute atomic E-state index is 13.4. The molecular formula is C17H21F3N6O. The van der Waals surface area contributed by atoms with Crippen LogP contribution in [0.2, 0.25) is 0 Å². The molecule has 0 bridgehead atoms. The Morgan fingerprint density at radius 3 is 2.78 bits per heavy atom. The van der Waals surface area contributed by atoms with Crippen molar-refractivity contribution >= 4 is 11.7 Å². The highest BCUT2D eigenvalue weighted by Gasteiger charge is 2.46. The van der Waals surface area contributed by atoms with E-state index in [9.17, 15) is 18.0 Å². The molecule has 2 aromatic rings. The Morgan fingerprint density at radius 1 is 1.33 bits per heavy atom. The number of fused-ring (bicyclic) bond motifs is 1. The van der Waals surface area contributed by atoms with Crippen molar-refractivity contribution in [3.63, 3.8) is 0 Å². The van der Waals surface area contributed by atoms with E-state index >= 15 is 0 Å². The minimum absolute atomic E-state index is 0.0706. The van der Waals surface area contributed by atoms with Crippen LogP contribution >= 0.6 is 0 Å². The predicted octanol–water partition coefficient (Wildman–Crippen LogP) is 2.90. The third-order valence-electron chi connectivity index (χ3n) is 5.19. The number of nitrogens with zero attached hydrogens (tertiary/aromatic N) is 5. The Kier molecular flexibility index (Phi) is 4.15. The van der Waals surface area contributed by atoms with Crippen LogP contribution in [0.3, 0.4) is 0 Å². The summed E-state index contributed by atoms with van der Waals surface area (Å²) in [6, 6.07) is 0.980. The smallest absolute Gasteiger partial charge is 0.368 e. The molecule has 4 rings (SSSR count). The topological polar surface area (TPSA) is 68.0 Å². The second-order valence-electron chi connectivity index (χ2n) is 7.27. The van der Waals surface area contributed by atoms with Crippen molar-refractivity contribution in [3.05, 3.63) is 29.7 Å². The van der Waals surface area contributed by atoms with Gasteiger partial charge in [-0.3, -0.25) is 9.48 Å². The second kappa shape index (κ2) is 6.28. The van der Waals surface area contributed by atoms with Gasteiger partial charge in [-0.2, -0.15) is 23.4 Å². The number of hydrogen-bond acceptors (Lipinski definition) is 4. The maximum Gasteiger partial charge on any atom is 0.410 e. The summed E-state index contributed by atoms with van der Waals surface area (Å²) >= 11 is 0. The molecule has 0 aliphatic carbocycles. The fraction of sp³-hybridized carbons (Fsp3) is 0.588. The molecule has 1 fully saturated rings. The lowest BCUT2D eigenvalue weighted by molar-refractivity contribution is -0.173. The van der Waals surface area contributed by atoms with Gasteiger partial charge in [-0.25, -0.2) is 4.68 Å².